The van der Waals surface area contributed by atoms with Crippen molar-refractivity contribution in [3.05, 3.63) is 51.6 Å². The van der Waals surface area contributed by atoms with Crippen molar-refractivity contribution in [3.8, 4) is 11.1 Å². The van der Waals surface area contributed by atoms with Gasteiger partial charge in [-0.05, 0) is 35.5 Å². The van der Waals surface area contributed by atoms with Crippen LogP contribution in [0, 0.1) is 0 Å². The van der Waals surface area contributed by atoms with E-state index in [0.717, 1.165) is 17.1 Å². The quantitative estimate of drug-likeness (QED) is 0.510. The predicted octanol–water partition coefficient (Wildman–Crippen LogP) is 4.52. The molecule has 1 aliphatic heterocycles. The minimum atomic E-state index is -0.443. The second-order valence-corrected chi connectivity index (χ2v) is 6.90. The van der Waals surface area contributed by atoms with Gasteiger partial charge in [-0.3, -0.25) is 19.9 Å². The molecule has 6 nitrogen and oxygen atoms in total. The van der Waals surface area contributed by atoms with E-state index in [1.54, 1.807) is 30.6 Å². The molecule has 0 aliphatic carbocycles. The number of imide groups is 1. The van der Waals surface area contributed by atoms with Crippen molar-refractivity contribution in [1.82, 2.24) is 15.3 Å². The molecule has 0 atom stereocenters. The molecule has 0 aromatic carbocycles. The average Bonchev–Trinajstić information content (AvgIpc) is 3.08. The Hall–Kier alpha value is -2.35. The van der Waals surface area contributed by atoms with E-state index in [0.29, 0.717) is 22.5 Å². The smallest absolute Gasteiger partial charge is 0.290 e. The molecule has 1 aliphatic rings. The molecule has 0 unspecified atom stereocenters. The summed E-state index contributed by atoms with van der Waals surface area (Å²) in [4.78, 5) is 31.3. The first kappa shape index (κ1) is 16.1. The molecule has 9 heteroatoms. The zero-order chi connectivity index (χ0) is 17.6. The molecule has 0 spiro atoms. The van der Waals surface area contributed by atoms with Gasteiger partial charge < -0.3 is 4.42 Å². The second-order valence-electron chi connectivity index (χ2n) is 5.11. The first-order valence-electron chi connectivity index (χ1n) is 6.95. The highest BCUT2D eigenvalue weighted by atomic mass is 35.5. The molecule has 0 bridgehead atoms. The fourth-order valence-electron chi connectivity index (χ4n) is 2.43. The van der Waals surface area contributed by atoms with Gasteiger partial charge in [-0.25, -0.2) is 4.98 Å². The fraction of sp³-hybridized carbons (Fsp3) is 0. The SMILES string of the molecule is O=C1NC(=O)/C(=C/c2cc3cncc(-c4cc(Cl)nc(Cl)c4)c3o2)S1. The average molecular weight is 392 g/mol. The second kappa shape index (κ2) is 6.18. The minimum absolute atomic E-state index is 0.255. The maximum atomic E-state index is 11.7. The summed E-state index contributed by atoms with van der Waals surface area (Å²) < 4.78 is 5.85. The van der Waals surface area contributed by atoms with Crippen LogP contribution in [-0.4, -0.2) is 21.1 Å². The number of nitrogens with zero attached hydrogens (tertiary/aromatic N) is 2. The summed E-state index contributed by atoms with van der Waals surface area (Å²) in [5.41, 5.74) is 1.96. The van der Waals surface area contributed by atoms with Crippen molar-refractivity contribution in [3.63, 3.8) is 0 Å². The van der Waals surface area contributed by atoms with Gasteiger partial charge in [-0.1, -0.05) is 23.2 Å². The summed E-state index contributed by atoms with van der Waals surface area (Å²) in [5, 5.41) is 3.04. The summed E-state index contributed by atoms with van der Waals surface area (Å²) in [6.45, 7) is 0. The Morgan fingerprint density at radius 2 is 1.88 bits per heavy atom. The number of aromatic nitrogens is 2. The molecule has 25 heavy (non-hydrogen) atoms. The molecule has 3 aromatic heterocycles. The maximum absolute atomic E-state index is 11.7. The van der Waals surface area contributed by atoms with E-state index in [2.05, 4.69) is 15.3 Å². The van der Waals surface area contributed by atoms with E-state index >= 15 is 0 Å². The van der Waals surface area contributed by atoms with Crippen LogP contribution in [0.1, 0.15) is 5.76 Å². The number of nitrogens with one attached hydrogen (secondary N) is 1. The summed E-state index contributed by atoms with van der Waals surface area (Å²) in [6.07, 6.45) is 4.79. The van der Waals surface area contributed by atoms with E-state index in [1.807, 2.05) is 0 Å². The van der Waals surface area contributed by atoms with Crippen molar-refractivity contribution >= 4 is 63.2 Å². The Bertz CT molecular complexity index is 1060. The van der Waals surface area contributed by atoms with Crippen molar-refractivity contribution in [2.75, 3.05) is 0 Å². The number of furan rings is 1. The van der Waals surface area contributed by atoms with Crippen molar-refractivity contribution in [2.45, 2.75) is 0 Å². The van der Waals surface area contributed by atoms with Crippen LogP contribution in [0.3, 0.4) is 0 Å². The van der Waals surface area contributed by atoms with Crippen LogP contribution in [0.2, 0.25) is 10.3 Å². The number of pyridine rings is 2. The van der Waals surface area contributed by atoms with E-state index in [1.165, 1.54) is 6.08 Å². The fourth-order valence-corrected chi connectivity index (χ4v) is 3.55. The molecule has 3 aromatic rings. The van der Waals surface area contributed by atoms with Gasteiger partial charge in [0.25, 0.3) is 11.1 Å². The minimum Gasteiger partial charge on any atom is -0.456 e. The Labute approximate surface area is 155 Å². The third kappa shape index (κ3) is 3.13. The predicted molar refractivity (Wildman–Crippen MR) is 96.4 cm³/mol. The summed E-state index contributed by atoms with van der Waals surface area (Å²) >= 11 is 12.8. The Balaban J connectivity index is 1.83. The number of rotatable bonds is 2. The summed E-state index contributed by atoms with van der Waals surface area (Å²) in [6, 6.07) is 5.05. The van der Waals surface area contributed by atoms with Gasteiger partial charge in [-0.15, -0.1) is 0 Å². The van der Waals surface area contributed by atoms with Gasteiger partial charge in [-0.2, -0.15) is 0 Å². The van der Waals surface area contributed by atoms with Crippen molar-refractivity contribution in [1.29, 1.82) is 0 Å². The Kier molecular flexibility index (Phi) is 3.99. The van der Waals surface area contributed by atoms with Crippen molar-refractivity contribution < 1.29 is 14.0 Å². The summed E-state index contributed by atoms with van der Waals surface area (Å²) in [7, 11) is 0. The first-order chi connectivity index (χ1) is 12.0. The maximum Gasteiger partial charge on any atom is 0.290 e. The van der Waals surface area contributed by atoms with E-state index < -0.39 is 11.1 Å². The van der Waals surface area contributed by atoms with Crippen LogP contribution in [-0.2, 0) is 4.79 Å². The number of amides is 2. The lowest BCUT2D eigenvalue weighted by molar-refractivity contribution is -0.115. The number of hydrogen-bond donors (Lipinski definition) is 1. The monoisotopic (exact) mass is 391 g/mol. The third-order valence-corrected chi connectivity index (χ3v) is 4.63. The molecule has 1 saturated heterocycles. The van der Waals surface area contributed by atoms with E-state index in [4.69, 9.17) is 27.6 Å². The lowest BCUT2D eigenvalue weighted by atomic mass is 10.1. The van der Waals surface area contributed by atoms with Gasteiger partial charge in [0.15, 0.2) is 0 Å². The van der Waals surface area contributed by atoms with Crippen LogP contribution >= 0.6 is 35.0 Å². The third-order valence-electron chi connectivity index (χ3n) is 3.43. The van der Waals surface area contributed by atoms with Gasteiger partial charge in [0.1, 0.15) is 21.6 Å². The van der Waals surface area contributed by atoms with Gasteiger partial charge in [0.05, 0.1) is 4.91 Å². The summed E-state index contributed by atoms with van der Waals surface area (Å²) in [5.74, 6) is -0.00986. The Morgan fingerprint density at radius 1 is 1.12 bits per heavy atom. The molecule has 1 N–H and O–H groups in total. The van der Waals surface area contributed by atoms with Crippen LogP contribution < -0.4 is 5.32 Å². The largest absolute Gasteiger partial charge is 0.456 e. The Morgan fingerprint density at radius 3 is 2.56 bits per heavy atom. The normalized spacial score (nSPS) is 16.0. The lowest BCUT2D eigenvalue weighted by Gasteiger charge is -2.03. The number of carbonyl (C=O) groups excluding carboxylic acids is 2. The molecule has 1 fully saturated rings. The van der Waals surface area contributed by atoms with Gasteiger partial charge in [0, 0.05) is 29.4 Å². The highest BCUT2D eigenvalue weighted by Crippen LogP contribution is 2.34. The van der Waals surface area contributed by atoms with Crippen LogP contribution in [0.5, 0.6) is 0 Å². The lowest BCUT2D eigenvalue weighted by Crippen LogP contribution is -2.17. The highest BCUT2D eigenvalue weighted by Gasteiger charge is 2.25. The topological polar surface area (TPSA) is 85.1 Å². The molecular formula is C16H7Cl2N3O3S. The first-order valence-corrected chi connectivity index (χ1v) is 8.53. The van der Waals surface area contributed by atoms with Gasteiger partial charge >= 0.3 is 0 Å². The number of thioether (sulfide) groups is 1. The molecule has 124 valence electrons. The standard InChI is InChI=1S/C16H7Cl2N3O3S/c17-12-2-7(3-13(18)20-12)10-6-19-5-8-1-9(24-14(8)10)4-11-15(22)21-16(23)25-11/h1-6H,(H,21,22,23)/b11-4-. The van der Waals surface area contributed by atoms with E-state index in [-0.39, 0.29) is 15.2 Å². The zero-order valence-corrected chi connectivity index (χ0v) is 14.6. The molecule has 2 amide bonds. The molecule has 0 radical (unpaired) electrons. The van der Waals surface area contributed by atoms with Gasteiger partial charge in [0.2, 0.25) is 0 Å². The number of halogens is 2. The van der Waals surface area contributed by atoms with Crippen LogP contribution in [0.4, 0.5) is 4.79 Å². The number of carbonyl (C=O) groups is 2. The highest BCUT2D eigenvalue weighted by molar-refractivity contribution is 8.18. The molecule has 4 rings (SSSR count). The number of hydrogen-bond acceptors (Lipinski definition) is 6. The molecule has 0 saturated carbocycles. The number of fused-ring (bicyclic) bond motifs is 1. The van der Waals surface area contributed by atoms with E-state index in [9.17, 15) is 9.59 Å². The zero-order valence-electron chi connectivity index (χ0n) is 12.2. The molecular weight excluding hydrogens is 385 g/mol. The van der Waals surface area contributed by atoms with Crippen LogP contribution in [0.15, 0.2) is 39.9 Å². The van der Waals surface area contributed by atoms with Crippen molar-refractivity contribution in [2.24, 2.45) is 0 Å². The molecule has 4 heterocycles. The van der Waals surface area contributed by atoms with Crippen LogP contribution in [0.25, 0.3) is 28.2 Å².